The Morgan fingerprint density at radius 2 is 2.04 bits per heavy atom. The largest absolute Gasteiger partial charge is 0.376 e. The first-order chi connectivity index (χ1) is 12.7. The highest BCUT2D eigenvalue weighted by Crippen LogP contribution is 2.23. The summed E-state index contributed by atoms with van der Waals surface area (Å²) in [5, 5.41) is 7.12. The molecule has 0 aliphatic carbocycles. The maximum Gasteiger partial charge on any atom is 0.167 e. The number of aryl methyl sites for hydroxylation is 1. The first-order valence-electron chi connectivity index (χ1n) is 9.16. The van der Waals surface area contributed by atoms with Gasteiger partial charge in [0.05, 0.1) is 12.1 Å². The summed E-state index contributed by atoms with van der Waals surface area (Å²) >= 11 is 5.47. The van der Waals surface area contributed by atoms with Crippen LogP contribution in [-0.2, 0) is 11.2 Å². The van der Waals surface area contributed by atoms with Crippen molar-refractivity contribution in [3.05, 3.63) is 71.0 Å². The number of nitrogens with one attached hydrogen (secondary N) is 2. The maximum atomic E-state index is 13.8. The van der Waals surface area contributed by atoms with Crippen molar-refractivity contribution in [3.63, 3.8) is 0 Å². The van der Waals surface area contributed by atoms with E-state index in [-0.39, 0.29) is 18.0 Å². The summed E-state index contributed by atoms with van der Waals surface area (Å²) in [6, 6.07) is 14.8. The number of benzene rings is 2. The quantitative estimate of drug-likeness (QED) is 0.748. The van der Waals surface area contributed by atoms with Gasteiger partial charge in [0.25, 0.3) is 0 Å². The molecule has 1 saturated heterocycles. The third-order valence-electron chi connectivity index (χ3n) is 4.69. The number of hydrogen-bond donors (Lipinski definition) is 2. The standard InChI is InChI=1S/C21H25FN2OS/c1-2-15-8-10-16(11-9-15)20(17-5-3-6-18(22)13-17)24-21(26)23-14-19-7-4-12-25-19/h3,5-6,8-11,13,19-20H,2,4,7,12,14H2,1H3,(H2,23,24,26)/t19-,20+/m1/s1. The van der Waals surface area contributed by atoms with E-state index in [1.807, 2.05) is 6.07 Å². The number of halogens is 1. The summed E-state index contributed by atoms with van der Waals surface area (Å²) in [5.74, 6) is -0.252. The maximum absolute atomic E-state index is 13.8. The van der Waals surface area contributed by atoms with Gasteiger partial charge in [0.1, 0.15) is 5.82 Å². The molecular formula is C21H25FN2OS. The van der Waals surface area contributed by atoms with Crippen molar-refractivity contribution >= 4 is 17.3 Å². The van der Waals surface area contributed by atoms with E-state index in [1.54, 1.807) is 12.1 Å². The van der Waals surface area contributed by atoms with Crippen molar-refractivity contribution in [2.45, 2.75) is 38.3 Å². The number of rotatable bonds is 6. The fraction of sp³-hybridized carbons (Fsp3) is 0.381. The zero-order valence-electron chi connectivity index (χ0n) is 15.0. The molecule has 0 aromatic heterocycles. The predicted octanol–water partition coefficient (Wildman–Crippen LogP) is 4.12. The summed E-state index contributed by atoms with van der Waals surface area (Å²) in [7, 11) is 0. The second-order valence-corrected chi connectivity index (χ2v) is 6.98. The molecule has 138 valence electrons. The van der Waals surface area contributed by atoms with Crippen LogP contribution in [0.2, 0.25) is 0 Å². The minimum absolute atomic E-state index is 0.207. The molecule has 2 aromatic rings. The van der Waals surface area contributed by atoms with Gasteiger partial charge < -0.3 is 15.4 Å². The van der Waals surface area contributed by atoms with Crippen LogP contribution < -0.4 is 10.6 Å². The Bertz CT molecular complexity index is 729. The van der Waals surface area contributed by atoms with E-state index in [4.69, 9.17) is 17.0 Å². The molecule has 26 heavy (non-hydrogen) atoms. The lowest BCUT2D eigenvalue weighted by atomic mass is 9.97. The highest BCUT2D eigenvalue weighted by molar-refractivity contribution is 7.80. The van der Waals surface area contributed by atoms with Gasteiger partial charge in [0, 0.05) is 13.2 Å². The van der Waals surface area contributed by atoms with Crippen LogP contribution in [0.1, 0.15) is 42.5 Å². The van der Waals surface area contributed by atoms with E-state index in [1.165, 1.54) is 11.6 Å². The van der Waals surface area contributed by atoms with Gasteiger partial charge in [-0.2, -0.15) is 0 Å². The van der Waals surface area contributed by atoms with Crippen LogP contribution in [0.15, 0.2) is 48.5 Å². The molecular weight excluding hydrogens is 347 g/mol. The van der Waals surface area contributed by atoms with Crippen molar-refractivity contribution < 1.29 is 9.13 Å². The minimum Gasteiger partial charge on any atom is -0.376 e. The van der Waals surface area contributed by atoms with Crippen LogP contribution in [0.5, 0.6) is 0 Å². The summed E-state index contributed by atoms with van der Waals surface area (Å²) in [6.45, 7) is 3.64. The van der Waals surface area contributed by atoms with E-state index in [9.17, 15) is 4.39 Å². The smallest absolute Gasteiger partial charge is 0.167 e. The van der Waals surface area contributed by atoms with Crippen molar-refractivity contribution in [1.29, 1.82) is 0 Å². The summed E-state index contributed by atoms with van der Waals surface area (Å²) < 4.78 is 19.4. The average Bonchev–Trinajstić information content (AvgIpc) is 3.18. The topological polar surface area (TPSA) is 33.3 Å². The van der Waals surface area contributed by atoms with E-state index >= 15 is 0 Å². The van der Waals surface area contributed by atoms with Crippen LogP contribution in [0.4, 0.5) is 4.39 Å². The monoisotopic (exact) mass is 372 g/mol. The van der Waals surface area contributed by atoms with Crippen molar-refractivity contribution in [2.24, 2.45) is 0 Å². The molecule has 0 unspecified atom stereocenters. The molecule has 0 radical (unpaired) electrons. The molecule has 1 fully saturated rings. The Kier molecular flexibility index (Phi) is 6.58. The molecule has 0 spiro atoms. The van der Waals surface area contributed by atoms with Gasteiger partial charge >= 0.3 is 0 Å². The van der Waals surface area contributed by atoms with E-state index in [0.717, 1.165) is 37.0 Å². The zero-order chi connectivity index (χ0) is 18.4. The lowest BCUT2D eigenvalue weighted by molar-refractivity contribution is 0.114. The molecule has 0 saturated carbocycles. The second kappa shape index (κ2) is 9.10. The molecule has 3 rings (SSSR count). The van der Waals surface area contributed by atoms with E-state index in [2.05, 4.69) is 41.8 Å². The molecule has 0 amide bonds. The molecule has 1 aliphatic heterocycles. The lowest BCUT2D eigenvalue weighted by Gasteiger charge is -2.23. The van der Waals surface area contributed by atoms with Gasteiger partial charge in [-0.1, -0.05) is 43.3 Å². The molecule has 2 aromatic carbocycles. The fourth-order valence-corrected chi connectivity index (χ4v) is 3.39. The van der Waals surface area contributed by atoms with Gasteiger partial charge in [-0.3, -0.25) is 0 Å². The van der Waals surface area contributed by atoms with Gasteiger partial charge in [-0.05, 0) is 60.3 Å². The first-order valence-corrected chi connectivity index (χ1v) is 9.57. The van der Waals surface area contributed by atoms with Crippen molar-refractivity contribution in [3.8, 4) is 0 Å². The van der Waals surface area contributed by atoms with E-state index < -0.39 is 0 Å². The van der Waals surface area contributed by atoms with Gasteiger partial charge in [0.2, 0.25) is 0 Å². The number of thiocarbonyl (C=S) groups is 1. The third-order valence-corrected chi connectivity index (χ3v) is 4.96. The number of hydrogen-bond acceptors (Lipinski definition) is 2. The normalized spacial score (nSPS) is 17.7. The van der Waals surface area contributed by atoms with Gasteiger partial charge in [-0.25, -0.2) is 4.39 Å². The number of ether oxygens (including phenoxy) is 1. The summed E-state index contributed by atoms with van der Waals surface area (Å²) in [4.78, 5) is 0. The summed E-state index contributed by atoms with van der Waals surface area (Å²) in [6.07, 6.45) is 3.36. The van der Waals surface area contributed by atoms with Gasteiger partial charge in [-0.15, -0.1) is 0 Å². The minimum atomic E-state index is -0.252. The first kappa shape index (κ1) is 18.8. The zero-order valence-corrected chi connectivity index (χ0v) is 15.8. The molecule has 3 nitrogen and oxygen atoms in total. The molecule has 5 heteroatoms. The van der Waals surface area contributed by atoms with Crippen LogP contribution >= 0.6 is 12.2 Å². The van der Waals surface area contributed by atoms with Crippen molar-refractivity contribution in [1.82, 2.24) is 10.6 Å². The second-order valence-electron chi connectivity index (χ2n) is 6.57. The molecule has 1 aliphatic rings. The van der Waals surface area contributed by atoms with Crippen LogP contribution in [0.25, 0.3) is 0 Å². The lowest BCUT2D eigenvalue weighted by Crippen LogP contribution is -2.41. The highest BCUT2D eigenvalue weighted by atomic mass is 32.1. The molecule has 2 N–H and O–H groups in total. The average molecular weight is 373 g/mol. The molecule has 0 bridgehead atoms. The van der Waals surface area contributed by atoms with Gasteiger partial charge in [0.15, 0.2) is 5.11 Å². The van der Waals surface area contributed by atoms with Crippen LogP contribution in [0.3, 0.4) is 0 Å². The van der Waals surface area contributed by atoms with Crippen LogP contribution in [-0.4, -0.2) is 24.4 Å². The highest BCUT2D eigenvalue weighted by Gasteiger charge is 2.18. The SMILES string of the molecule is CCc1ccc([C@H](NC(=S)NC[C@H]2CCCO2)c2cccc(F)c2)cc1. The Balaban J connectivity index is 1.74. The van der Waals surface area contributed by atoms with Crippen molar-refractivity contribution in [2.75, 3.05) is 13.2 Å². The Hall–Kier alpha value is -1.98. The molecule has 1 heterocycles. The third kappa shape index (κ3) is 5.02. The van der Waals surface area contributed by atoms with Crippen LogP contribution in [0, 0.1) is 5.82 Å². The Morgan fingerprint density at radius 3 is 2.69 bits per heavy atom. The predicted molar refractivity (Wildman–Crippen MR) is 107 cm³/mol. The van der Waals surface area contributed by atoms with E-state index in [0.29, 0.717) is 11.7 Å². The molecule has 2 atom stereocenters. The fourth-order valence-electron chi connectivity index (χ4n) is 3.19. The summed E-state index contributed by atoms with van der Waals surface area (Å²) in [5.41, 5.74) is 3.16. The Morgan fingerprint density at radius 1 is 1.23 bits per heavy atom. The Labute approximate surface area is 160 Å².